The van der Waals surface area contributed by atoms with Crippen molar-refractivity contribution < 1.29 is 0 Å². The van der Waals surface area contributed by atoms with Gasteiger partial charge in [0.05, 0.1) is 0 Å². The number of halogens is 2. The number of pyridine rings is 2. The molecular formula is C19H26I2N4. The predicted octanol–water partition coefficient (Wildman–Crippen LogP) is 7.18. The van der Waals surface area contributed by atoms with Gasteiger partial charge in [0.25, 0.3) is 0 Å². The number of hydrogen-bond donors (Lipinski definition) is 2. The van der Waals surface area contributed by atoms with Crippen LogP contribution in [0.25, 0.3) is 22.1 Å². The first kappa shape index (κ1) is 23.8. The summed E-state index contributed by atoms with van der Waals surface area (Å²) in [5.74, 6) is 0. The molecule has 0 radical (unpaired) electrons. The van der Waals surface area contributed by atoms with Crippen molar-refractivity contribution in [3.8, 4) is 0 Å². The maximum Gasteiger partial charge on any atom is 0.137 e. The second-order valence-electron chi connectivity index (χ2n) is 4.74. The average Bonchev–Trinajstić information content (AvgIpc) is 3.29. The van der Waals surface area contributed by atoms with Crippen LogP contribution in [0.3, 0.4) is 0 Å². The molecule has 0 fully saturated rings. The fourth-order valence-electron chi connectivity index (χ4n) is 2.20. The number of rotatable bonds is 0. The van der Waals surface area contributed by atoms with Gasteiger partial charge in [-0.2, -0.15) is 0 Å². The van der Waals surface area contributed by atoms with Gasteiger partial charge in [0, 0.05) is 72.8 Å². The molecule has 0 aliphatic carbocycles. The van der Waals surface area contributed by atoms with Crippen molar-refractivity contribution in [2.24, 2.45) is 0 Å². The number of H-pyrrole nitrogens is 2. The third-order valence-corrected chi connectivity index (χ3v) is 3.36. The lowest BCUT2D eigenvalue weighted by Crippen LogP contribution is -1.77. The maximum atomic E-state index is 4.15. The third kappa shape index (κ3) is 6.58. The molecule has 0 aliphatic rings. The van der Waals surface area contributed by atoms with Crippen LogP contribution >= 0.6 is 37.2 Å². The Hall–Kier alpha value is -1.16. The Kier molecular flexibility index (Phi) is 12.5. The minimum absolute atomic E-state index is 0. The van der Waals surface area contributed by atoms with E-state index in [-0.39, 0.29) is 7.43 Å². The number of nitrogens with one attached hydrogen (secondary N) is 2. The van der Waals surface area contributed by atoms with Gasteiger partial charge in [0.15, 0.2) is 0 Å². The van der Waals surface area contributed by atoms with E-state index >= 15 is 0 Å². The zero-order valence-corrected chi connectivity index (χ0v) is 18.6. The van der Waals surface area contributed by atoms with Gasteiger partial charge in [0.2, 0.25) is 0 Å². The quantitative estimate of drug-likeness (QED) is 0.223. The first-order valence-electron chi connectivity index (χ1n) is 7.67. The smallest absolute Gasteiger partial charge is 0.137 e. The molecule has 0 amide bonds. The van der Waals surface area contributed by atoms with Crippen LogP contribution < -0.4 is 0 Å². The normalized spacial score (nSPS) is 8.88. The topological polar surface area (TPSA) is 57.4 Å². The first-order chi connectivity index (χ1) is 11.8. The molecule has 136 valence electrons. The summed E-state index contributed by atoms with van der Waals surface area (Å²) >= 11 is 4.24. The molecule has 25 heavy (non-hydrogen) atoms. The number of aromatic amines is 2. The Labute approximate surface area is 173 Å². The fraction of sp³-hybridized carbons (Fsp3) is 0.263. The van der Waals surface area contributed by atoms with Crippen LogP contribution in [0.1, 0.15) is 32.4 Å². The molecule has 0 aromatic carbocycles. The molecule has 0 saturated carbocycles. The van der Waals surface area contributed by atoms with Crippen molar-refractivity contribution >= 4 is 59.3 Å². The molecule has 4 rings (SSSR count). The highest BCUT2D eigenvalue weighted by Crippen LogP contribution is 2.13. The molecule has 4 aromatic rings. The Morgan fingerprint density at radius 1 is 0.720 bits per heavy atom. The van der Waals surface area contributed by atoms with E-state index in [2.05, 4.69) is 71.0 Å². The lowest BCUT2D eigenvalue weighted by Gasteiger charge is -1.91. The largest absolute Gasteiger partial charge is 0.346 e. The Morgan fingerprint density at radius 2 is 1.08 bits per heavy atom. The van der Waals surface area contributed by atoms with E-state index in [1.165, 1.54) is 21.9 Å². The number of nitrogens with zero attached hydrogens (tertiary/aromatic N) is 2. The van der Waals surface area contributed by atoms with Gasteiger partial charge in [0.1, 0.15) is 11.3 Å². The van der Waals surface area contributed by atoms with E-state index in [1.807, 2.05) is 62.9 Å². The highest BCUT2D eigenvalue weighted by atomic mass is 128. The van der Waals surface area contributed by atoms with Crippen molar-refractivity contribution in [1.29, 1.82) is 0 Å². The molecule has 0 atom stereocenters. The van der Waals surface area contributed by atoms with Crippen LogP contribution in [-0.2, 0) is 0 Å². The number of fused-ring (bicyclic) bond motifs is 2. The van der Waals surface area contributed by atoms with Gasteiger partial charge in [-0.25, -0.2) is 9.97 Å². The standard InChI is InChI=1S/2C8H8N2.C2H6.CH4.I2/c2*1-6-2-4-9-8-7(6)3-5-10-8;1-2;;1-2/h2*2-5H,1H3,(H,9,10);1-2H3;1H4;. The summed E-state index contributed by atoms with van der Waals surface area (Å²) in [6, 6.07) is 8.10. The van der Waals surface area contributed by atoms with Crippen LogP contribution in [0.4, 0.5) is 0 Å². The molecule has 2 N–H and O–H groups in total. The van der Waals surface area contributed by atoms with Crippen LogP contribution in [0.2, 0.25) is 0 Å². The SMILES string of the molecule is C.CC.Cc1ccnc2[nH]ccc12.Cc1ccnc2[nH]ccc12.II. The minimum Gasteiger partial charge on any atom is -0.346 e. The summed E-state index contributed by atoms with van der Waals surface area (Å²) in [6.45, 7) is 8.16. The van der Waals surface area contributed by atoms with Crippen molar-refractivity contribution in [2.45, 2.75) is 35.1 Å². The molecule has 4 nitrogen and oxygen atoms in total. The summed E-state index contributed by atoms with van der Waals surface area (Å²) in [6.07, 6.45) is 7.44. The molecule has 4 aromatic heterocycles. The van der Waals surface area contributed by atoms with Crippen LogP contribution in [-0.4, -0.2) is 19.9 Å². The molecular weight excluding hydrogens is 538 g/mol. The van der Waals surface area contributed by atoms with Gasteiger partial charge in [-0.1, -0.05) is 21.3 Å². The van der Waals surface area contributed by atoms with E-state index in [1.54, 1.807) is 0 Å². The van der Waals surface area contributed by atoms with Gasteiger partial charge in [-0.3, -0.25) is 0 Å². The van der Waals surface area contributed by atoms with Gasteiger partial charge < -0.3 is 9.97 Å². The highest BCUT2D eigenvalue weighted by Gasteiger charge is 1.96. The van der Waals surface area contributed by atoms with Gasteiger partial charge in [-0.05, 0) is 49.2 Å². The van der Waals surface area contributed by atoms with Gasteiger partial charge in [-0.15, -0.1) is 0 Å². The van der Waals surface area contributed by atoms with Crippen molar-refractivity contribution in [3.63, 3.8) is 0 Å². The zero-order valence-electron chi connectivity index (χ0n) is 14.3. The molecule has 0 saturated heterocycles. The predicted molar refractivity (Wildman–Crippen MR) is 128 cm³/mol. The van der Waals surface area contributed by atoms with Gasteiger partial charge >= 0.3 is 0 Å². The molecule has 6 heteroatoms. The van der Waals surface area contributed by atoms with Crippen molar-refractivity contribution in [3.05, 3.63) is 60.2 Å². The van der Waals surface area contributed by atoms with Crippen molar-refractivity contribution in [2.75, 3.05) is 0 Å². The zero-order chi connectivity index (χ0) is 17.9. The number of aryl methyl sites for hydroxylation is 2. The highest BCUT2D eigenvalue weighted by molar-refractivity contribution is 15.0. The Bertz CT molecular complexity index is 781. The number of hydrogen-bond acceptors (Lipinski definition) is 2. The minimum atomic E-state index is 0. The average molecular weight is 564 g/mol. The van der Waals surface area contributed by atoms with E-state index in [0.29, 0.717) is 0 Å². The van der Waals surface area contributed by atoms with E-state index in [9.17, 15) is 0 Å². The molecule has 0 spiro atoms. The molecule has 0 aliphatic heterocycles. The number of aromatic nitrogens is 4. The van der Waals surface area contributed by atoms with Crippen LogP contribution in [0.5, 0.6) is 0 Å². The van der Waals surface area contributed by atoms with E-state index in [0.717, 1.165) is 11.3 Å². The second-order valence-corrected chi connectivity index (χ2v) is 4.74. The monoisotopic (exact) mass is 564 g/mol. The Morgan fingerprint density at radius 3 is 1.40 bits per heavy atom. The van der Waals surface area contributed by atoms with E-state index < -0.39 is 0 Å². The fourth-order valence-corrected chi connectivity index (χ4v) is 2.20. The van der Waals surface area contributed by atoms with Crippen LogP contribution in [0, 0.1) is 13.8 Å². The van der Waals surface area contributed by atoms with E-state index in [4.69, 9.17) is 0 Å². The molecule has 0 unspecified atom stereocenters. The molecule has 4 heterocycles. The lowest BCUT2D eigenvalue weighted by atomic mass is 10.2. The summed E-state index contributed by atoms with van der Waals surface area (Å²) in [5, 5.41) is 2.42. The first-order valence-corrected chi connectivity index (χ1v) is 14.0. The summed E-state index contributed by atoms with van der Waals surface area (Å²) in [4.78, 5) is 14.4. The molecule has 0 bridgehead atoms. The van der Waals surface area contributed by atoms with Crippen LogP contribution in [0.15, 0.2) is 49.1 Å². The Balaban J connectivity index is 0.000000373. The maximum absolute atomic E-state index is 4.15. The lowest BCUT2D eigenvalue weighted by molar-refractivity contribution is 1.31. The van der Waals surface area contributed by atoms with Crippen molar-refractivity contribution in [1.82, 2.24) is 19.9 Å². The summed E-state index contributed by atoms with van der Waals surface area (Å²) in [5.41, 5.74) is 4.48. The third-order valence-electron chi connectivity index (χ3n) is 3.36. The second kappa shape index (κ2) is 13.1. The summed E-state index contributed by atoms with van der Waals surface area (Å²) in [7, 11) is 0. The summed E-state index contributed by atoms with van der Waals surface area (Å²) < 4.78 is 0.